The summed E-state index contributed by atoms with van der Waals surface area (Å²) in [7, 11) is 0. The van der Waals surface area contributed by atoms with Crippen molar-refractivity contribution in [2.75, 3.05) is 17.6 Å². The van der Waals surface area contributed by atoms with E-state index < -0.39 is 0 Å². The molecule has 16 heavy (non-hydrogen) atoms. The first-order valence-electron chi connectivity index (χ1n) is 5.77. The number of nitrogens with one attached hydrogen (secondary N) is 1. The van der Waals surface area contributed by atoms with Gasteiger partial charge in [-0.05, 0) is 34.7 Å². The molecule has 0 aromatic carbocycles. The fourth-order valence-electron chi connectivity index (χ4n) is 2.14. The molecule has 4 nitrogen and oxygen atoms in total. The molecule has 88 valence electrons. The molecule has 1 fully saturated rings. The molecule has 0 amide bonds. The fraction of sp³-hybridized carbons (Fsp3) is 0.636. The van der Waals surface area contributed by atoms with E-state index in [1.165, 1.54) is 32.1 Å². The number of nitrogens with zero attached hydrogens (tertiary/aromatic N) is 2. The molecule has 0 saturated heterocycles. The van der Waals surface area contributed by atoms with Crippen LogP contribution in [0.15, 0.2) is 10.8 Å². The van der Waals surface area contributed by atoms with E-state index in [0.29, 0.717) is 16.2 Å². The van der Waals surface area contributed by atoms with Gasteiger partial charge in [0.15, 0.2) is 11.6 Å². The van der Waals surface area contributed by atoms with E-state index in [1.54, 1.807) is 6.20 Å². The summed E-state index contributed by atoms with van der Waals surface area (Å²) in [6.45, 7) is 0.954. The van der Waals surface area contributed by atoms with Gasteiger partial charge >= 0.3 is 0 Å². The Hall–Kier alpha value is -0.840. The molecule has 1 aromatic rings. The smallest absolute Gasteiger partial charge is 0.170 e. The molecule has 1 aliphatic carbocycles. The predicted octanol–water partition coefficient (Wildman–Crippen LogP) is 2.81. The third-order valence-corrected chi connectivity index (χ3v) is 3.44. The van der Waals surface area contributed by atoms with E-state index >= 15 is 0 Å². The summed E-state index contributed by atoms with van der Waals surface area (Å²) in [5.74, 6) is 1.92. The minimum Gasteiger partial charge on any atom is -0.381 e. The van der Waals surface area contributed by atoms with Crippen LogP contribution in [-0.4, -0.2) is 16.5 Å². The molecule has 0 unspecified atom stereocenters. The number of hydrogen-bond acceptors (Lipinski definition) is 4. The Bertz CT molecular complexity index is 350. The van der Waals surface area contributed by atoms with Crippen LogP contribution in [-0.2, 0) is 0 Å². The van der Waals surface area contributed by atoms with Crippen LogP contribution < -0.4 is 11.1 Å². The largest absolute Gasteiger partial charge is 0.381 e. The lowest BCUT2D eigenvalue weighted by Gasteiger charge is -2.22. The highest BCUT2D eigenvalue weighted by Crippen LogP contribution is 2.24. The van der Waals surface area contributed by atoms with Crippen LogP contribution >= 0.6 is 15.9 Å². The molecule has 0 bridgehead atoms. The first kappa shape index (κ1) is 11.6. The SMILES string of the molecule is Nc1ncc(Br)nc1NCC1CCCCC1. The summed E-state index contributed by atoms with van der Waals surface area (Å²) in [6.07, 6.45) is 8.33. The van der Waals surface area contributed by atoms with Crippen LogP contribution in [0.1, 0.15) is 32.1 Å². The number of hydrogen-bond donors (Lipinski definition) is 2. The molecule has 2 rings (SSSR count). The topological polar surface area (TPSA) is 63.8 Å². The first-order valence-corrected chi connectivity index (χ1v) is 6.57. The molecule has 1 saturated carbocycles. The van der Waals surface area contributed by atoms with E-state index in [2.05, 4.69) is 31.2 Å². The lowest BCUT2D eigenvalue weighted by Crippen LogP contribution is -2.18. The van der Waals surface area contributed by atoms with Crippen molar-refractivity contribution in [3.05, 3.63) is 10.8 Å². The van der Waals surface area contributed by atoms with Crippen molar-refractivity contribution in [3.63, 3.8) is 0 Å². The highest BCUT2D eigenvalue weighted by atomic mass is 79.9. The van der Waals surface area contributed by atoms with Gasteiger partial charge < -0.3 is 11.1 Å². The standard InChI is InChI=1S/C11H17BrN4/c12-9-7-14-10(13)11(16-9)15-6-8-4-2-1-3-5-8/h7-8H,1-6H2,(H2,13,14)(H,15,16). The number of nitrogen functional groups attached to an aromatic ring is 1. The van der Waals surface area contributed by atoms with Gasteiger partial charge in [0.25, 0.3) is 0 Å². The van der Waals surface area contributed by atoms with E-state index in [9.17, 15) is 0 Å². The maximum atomic E-state index is 5.75. The normalized spacial score (nSPS) is 17.3. The van der Waals surface area contributed by atoms with Crippen LogP contribution in [0.4, 0.5) is 11.6 Å². The monoisotopic (exact) mass is 284 g/mol. The zero-order valence-corrected chi connectivity index (χ0v) is 10.8. The Balaban J connectivity index is 1.90. The molecule has 5 heteroatoms. The molecule has 0 spiro atoms. The average molecular weight is 285 g/mol. The summed E-state index contributed by atoms with van der Waals surface area (Å²) < 4.78 is 0.716. The van der Waals surface area contributed by atoms with Gasteiger partial charge in [-0.15, -0.1) is 0 Å². The second-order valence-electron chi connectivity index (χ2n) is 4.31. The molecule has 0 radical (unpaired) electrons. The average Bonchev–Trinajstić information content (AvgIpc) is 2.32. The highest BCUT2D eigenvalue weighted by Gasteiger charge is 2.13. The van der Waals surface area contributed by atoms with Crippen molar-refractivity contribution >= 4 is 27.6 Å². The molecule has 1 aromatic heterocycles. The maximum Gasteiger partial charge on any atom is 0.170 e. The van der Waals surface area contributed by atoms with Gasteiger partial charge in [-0.25, -0.2) is 9.97 Å². The first-order chi connectivity index (χ1) is 7.75. The molecular weight excluding hydrogens is 268 g/mol. The number of rotatable bonds is 3. The Morgan fingerprint density at radius 3 is 2.88 bits per heavy atom. The van der Waals surface area contributed by atoms with Gasteiger partial charge in [-0.1, -0.05) is 19.3 Å². The summed E-state index contributed by atoms with van der Waals surface area (Å²) >= 11 is 3.29. The molecular formula is C11H17BrN4. The van der Waals surface area contributed by atoms with Crippen LogP contribution in [0.3, 0.4) is 0 Å². The minimum absolute atomic E-state index is 0.471. The number of anilines is 2. The molecule has 3 N–H and O–H groups in total. The summed E-state index contributed by atoms with van der Waals surface area (Å²) in [6, 6.07) is 0. The second kappa shape index (κ2) is 5.48. The third-order valence-electron chi connectivity index (χ3n) is 3.05. The van der Waals surface area contributed by atoms with Crippen LogP contribution in [0.2, 0.25) is 0 Å². The van der Waals surface area contributed by atoms with Crippen molar-refractivity contribution in [1.29, 1.82) is 0 Å². The molecule has 1 aliphatic rings. The fourth-order valence-corrected chi connectivity index (χ4v) is 2.42. The predicted molar refractivity (Wildman–Crippen MR) is 69.2 cm³/mol. The van der Waals surface area contributed by atoms with E-state index in [1.807, 2.05) is 0 Å². The van der Waals surface area contributed by atoms with Crippen molar-refractivity contribution in [2.24, 2.45) is 5.92 Å². The lowest BCUT2D eigenvalue weighted by atomic mass is 9.89. The zero-order valence-electron chi connectivity index (χ0n) is 9.25. The summed E-state index contributed by atoms with van der Waals surface area (Å²) in [4.78, 5) is 8.32. The minimum atomic E-state index is 0.471. The van der Waals surface area contributed by atoms with Crippen molar-refractivity contribution < 1.29 is 0 Å². The third kappa shape index (κ3) is 3.07. The van der Waals surface area contributed by atoms with Crippen LogP contribution in [0.5, 0.6) is 0 Å². The Morgan fingerprint density at radius 2 is 2.12 bits per heavy atom. The van der Waals surface area contributed by atoms with E-state index in [-0.39, 0.29) is 0 Å². The van der Waals surface area contributed by atoms with E-state index in [0.717, 1.165) is 12.5 Å². The van der Waals surface area contributed by atoms with Gasteiger partial charge in [-0.3, -0.25) is 0 Å². The van der Waals surface area contributed by atoms with Crippen LogP contribution in [0.25, 0.3) is 0 Å². The van der Waals surface area contributed by atoms with Crippen molar-refractivity contribution in [1.82, 2.24) is 9.97 Å². The lowest BCUT2D eigenvalue weighted by molar-refractivity contribution is 0.373. The van der Waals surface area contributed by atoms with Crippen molar-refractivity contribution in [3.8, 4) is 0 Å². The maximum absolute atomic E-state index is 5.75. The van der Waals surface area contributed by atoms with Crippen molar-refractivity contribution in [2.45, 2.75) is 32.1 Å². The number of halogens is 1. The van der Waals surface area contributed by atoms with Gasteiger partial charge in [0, 0.05) is 6.54 Å². The van der Waals surface area contributed by atoms with Gasteiger partial charge in [-0.2, -0.15) is 0 Å². The number of aromatic nitrogens is 2. The van der Waals surface area contributed by atoms with Gasteiger partial charge in [0.1, 0.15) is 4.60 Å². The van der Waals surface area contributed by atoms with Crippen LogP contribution in [0, 0.1) is 5.92 Å². The van der Waals surface area contributed by atoms with E-state index in [4.69, 9.17) is 5.73 Å². The zero-order chi connectivity index (χ0) is 11.4. The summed E-state index contributed by atoms with van der Waals surface area (Å²) in [5.41, 5.74) is 5.75. The molecule has 1 heterocycles. The number of nitrogens with two attached hydrogens (primary N) is 1. The quantitative estimate of drug-likeness (QED) is 0.896. The summed E-state index contributed by atoms with van der Waals surface area (Å²) in [5, 5.41) is 3.29. The second-order valence-corrected chi connectivity index (χ2v) is 5.12. The van der Waals surface area contributed by atoms with Gasteiger partial charge in [0.2, 0.25) is 0 Å². The Morgan fingerprint density at radius 1 is 1.38 bits per heavy atom. The van der Waals surface area contributed by atoms with Gasteiger partial charge in [0.05, 0.1) is 6.20 Å². The molecule has 0 aliphatic heterocycles. The highest BCUT2D eigenvalue weighted by molar-refractivity contribution is 9.10. The Kier molecular flexibility index (Phi) is 3.98. The Labute approximate surface area is 104 Å². The molecule has 0 atom stereocenters.